The van der Waals surface area contributed by atoms with E-state index in [1.54, 1.807) is 18.2 Å². The van der Waals surface area contributed by atoms with Crippen LogP contribution in [-0.2, 0) is 11.3 Å². The van der Waals surface area contributed by atoms with Crippen LogP contribution in [0.15, 0.2) is 41.3 Å². The fraction of sp³-hybridized carbons (Fsp3) is 0.111. The summed E-state index contributed by atoms with van der Waals surface area (Å²) >= 11 is 13.0. The molecule has 1 aliphatic rings. The molecule has 0 unspecified atom stereocenters. The number of halogens is 2. The molecule has 28 heavy (non-hydrogen) atoms. The molecule has 0 atom stereocenters. The predicted octanol–water partition coefficient (Wildman–Crippen LogP) is 5.15. The van der Waals surface area contributed by atoms with Gasteiger partial charge in [0.15, 0.2) is 5.75 Å². The van der Waals surface area contributed by atoms with E-state index in [1.165, 1.54) is 31.4 Å². The molecular weight excluding hydrogens is 427 g/mol. The van der Waals surface area contributed by atoms with Crippen LogP contribution in [0, 0.1) is 10.1 Å². The van der Waals surface area contributed by atoms with Crippen LogP contribution >= 0.6 is 35.0 Å². The molecule has 7 nitrogen and oxygen atoms in total. The first-order valence-corrected chi connectivity index (χ1v) is 9.39. The summed E-state index contributed by atoms with van der Waals surface area (Å²) < 4.78 is 5.08. The maximum Gasteiger partial charge on any atom is 0.293 e. The molecule has 0 spiro atoms. The number of carbonyl (C=O) groups excluding carboxylic acids is 2. The lowest BCUT2D eigenvalue weighted by molar-refractivity contribution is -0.384. The molecule has 1 saturated heterocycles. The van der Waals surface area contributed by atoms with Crippen molar-refractivity contribution in [3.63, 3.8) is 0 Å². The van der Waals surface area contributed by atoms with Gasteiger partial charge in [0.2, 0.25) is 0 Å². The summed E-state index contributed by atoms with van der Waals surface area (Å²) in [6, 6.07) is 8.93. The molecule has 0 N–H and O–H groups in total. The van der Waals surface area contributed by atoms with Crippen molar-refractivity contribution in [1.82, 2.24) is 4.90 Å². The van der Waals surface area contributed by atoms with Gasteiger partial charge in [0.25, 0.3) is 16.8 Å². The van der Waals surface area contributed by atoms with Crippen LogP contribution in [0.2, 0.25) is 10.0 Å². The summed E-state index contributed by atoms with van der Waals surface area (Å²) in [5.74, 6) is -0.177. The number of nitro groups is 1. The summed E-state index contributed by atoms with van der Waals surface area (Å²) in [5, 5.41) is 11.0. The minimum atomic E-state index is -0.533. The number of imide groups is 1. The smallest absolute Gasteiger partial charge is 0.293 e. The topological polar surface area (TPSA) is 89.8 Å². The summed E-state index contributed by atoms with van der Waals surface area (Å²) in [7, 11) is 1.44. The Morgan fingerprint density at radius 2 is 1.89 bits per heavy atom. The molecule has 0 bridgehead atoms. The number of hydrogen-bond acceptors (Lipinski definition) is 6. The van der Waals surface area contributed by atoms with E-state index in [1.807, 2.05) is 0 Å². The minimum absolute atomic E-state index is 0.0617. The zero-order chi connectivity index (χ0) is 20.4. The summed E-state index contributed by atoms with van der Waals surface area (Å²) in [6.45, 7) is -0.0617. The molecule has 1 aliphatic heterocycles. The van der Waals surface area contributed by atoms with Gasteiger partial charge in [-0.2, -0.15) is 0 Å². The molecule has 3 rings (SSSR count). The van der Waals surface area contributed by atoms with Crippen LogP contribution in [0.1, 0.15) is 11.1 Å². The Balaban J connectivity index is 1.85. The van der Waals surface area contributed by atoms with Crippen molar-refractivity contribution in [3.05, 3.63) is 72.6 Å². The van der Waals surface area contributed by atoms with Crippen LogP contribution in [0.3, 0.4) is 0 Å². The number of thioether (sulfide) groups is 1. The maximum absolute atomic E-state index is 12.6. The molecular formula is C18H12Cl2N2O5S. The molecule has 1 fully saturated rings. The van der Waals surface area contributed by atoms with Gasteiger partial charge >= 0.3 is 0 Å². The predicted molar refractivity (Wildman–Crippen MR) is 108 cm³/mol. The minimum Gasteiger partial charge on any atom is -0.494 e. The number of hydrogen-bond donors (Lipinski definition) is 0. The standard InChI is InChI=1S/C18H12Cl2N2O5S/c1-27-16-13(19)6-11(7-14(16)20)8-15-17(23)21(18(24)28-15)9-10-3-2-4-12(5-10)22(25)26/h2-8H,9H2,1H3. The molecule has 2 aromatic carbocycles. The third-order valence-electron chi connectivity index (χ3n) is 3.86. The highest BCUT2D eigenvalue weighted by Crippen LogP contribution is 2.37. The highest BCUT2D eigenvalue weighted by Gasteiger charge is 2.35. The number of methoxy groups -OCH3 is 1. The van der Waals surface area contributed by atoms with E-state index in [9.17, 15) is 19.7 Å². The van der Waals surface area contributed by atoms with Crippen molar-refractivity contribution >= 4 is 57.9 Å². The monoisotopic (exact) mass is 438 g/mol. The molecule has 10 heteroatoms. The van der Waals surface area contributed by atoms with Gasteiger partial charge in [0.1, 0.15) is 0 Å². The van der Waals surface area contributed by atoms with Gasteiger partial charge in [-0.15, -0.1) is 0 Å². The Kier molecular flexibility index (Phi) is 5.93. The Labute approximate surface area is 174 Å². The van der Waals surface area contributed by atoms with Crippen LogP contribution in [-0.4, -0.2) is 28.1 Å². The average molecular weight is 439 g/mol. The van der Waals surface area contributed by atoms with Crippen LogP contribution in [0.5, 0.6) is 5.75 Å². The summed E-state index contributed by atoms with van der Waals surface area (Å²) in [5.41, 5.74) is 0.910. The van der Waals surface area contributed by atoms with Crippen molar-refractivity contribution < 1.29 is 19.2 Å². The third kappa shape index (κ3) is 4.14. The van der Waals surface area contributed by atoms with E-state index in [4.69, 9.17) is 27.9 Å². The third-order valence-corrected chi connectivity index (χ3v) is 5.33. The number of nitrogens with zero attached hydrogens (tertiary/aromatic N) is 2. The van der Waals surface area contributed by atoms with E-state index >= 15 is 0 Å². The SMILES string of the molecule is COc1c(Cl)cc(C=C2SC(=O)N(Cc3cccc([N+](=O)[O-])c3)C2=O)cc1Cl. The number of amides is 2. The van der Waals surface area contributed by atoms with E-state index in [0.29, 0.717) is 16.9 Å². The van der Waals surface area contributed by atoms with Gasteiger partial charge in [-0.1, -0.05) is 35.3 Å². The Hall–Kier alpha value is -2.55. The highest BCUT2D eigenvalue weighted by atomic mass is 35.5. The summed E-state index contributed by atoms with van der Waals surface area (Å²) in [6.07, 6.45) is 1.51. The normalized spacial score (nSPS) is 15.4. The average Bonchev–Trinajstić information content (AvgIpc) is 2.89. The van der Waals surface area contributed by atoms with Crippen molar-refractivity contribution in [2.45, 2.75) is 6.54 Å². The Morgan fingerprint density at radius 1 is 1.21 bits per heavy atom. The first-order valence-electron chi connectivity index (χ1n) is 7.82. The molecule has 1 heterocycles. The number of nitro benzene ring substituents is 1. The molecule has 0 aliphatic carbocycles. The number of benzene rings is 2. The zero-order valence-corrected chi connectivity index (χ0v) is 16.7. The van der Waals surface area contributed by atoms with E-state index in [0.717, 1.165) is 16.7 Å². The molecule has 2 aromatic rings. The fourth-order valence-electron chi connectivity index (χ4n) is 2.60. The van der Waals surface area contributed by atoms with E-state index < -0.39 is 16.1 Å². The number of carbonyl (C=O) groups is 2. The number of ether oxygens (including phenoxy) is 1. The second kappa shape index (κ2) is 8.22. The highest BCUT2D eigenvalue weighted by molar-refractivity contribution is 8.18. The lowest BCUT2D eigenvalue weighted by Gasteiger charge is -2.12. The summed E-state index contributed by atoms with van der Waals surface area (Å²) in [4.78, 5) is 36.5. The van der Waals surface area contributed by atoms with Crippen LogP contribution in [0.4, 0.5) is 10.5 Å². The first-order chi connectivity index (χ1) is 13.3. The Bertz CT molecular complexity index is 1000. The lowest BCUT2D eigenvalue weighted by Crippen LogP contribution is -2.27. The Morgan fingerprint density at radius 3 is 2.50 bits per heavy atom. The van der Waals surface area contributed by atoms with Gasteiger partial charge in [0, 0.05) is 12.1 Å². The van der Waals surface area contributed by atoms with Crippen molar-refractivity contribution in [3.8, 4) is 5.75 Å². The molecule has 0 aromatic heterocycles. The molecule has 2 amide bonds. The van der Waals surface area contributed by atoms with Crippen LogP contribution in [0.25, 0.3) is 6.08 Å². The van der Waals surface area contributed by atoms with Gasteiger partial charge in [-0.3, -0.25) is 24.6 Å². The van der Waals surface area contributed by atoms with Crippen molar-refractivity contribution in [1.29, 1.82) is 0 Å². The maximum atomic E-state index is 12.6. The van der Waals surface area contributed by atoms with Crippen molar-refractivity contribution in [2.24, 2.45) is 0 Å². The van der Waals surface area contributed by atoms with E-state index in [-0.39, 0.29) is 27.2 Å². The molecule has 0 saturated carbocycles. The van der Waals surface area contributed by atoms with E-state index in [2.05, 4.69) is 0 Å². The van der Waals surface area contributed by atoms with Crippen molar-refractivity contribution in [2.75, 3.05) is 7.11 Å². The van der Waals surface area contributed by atoms with Gasteiger partial charge in [0.05, 0.1) is 33.5 Å². The molecule has 144 valence electrons. The molecule has 0 radical (unpaired) electrons. The fourth-order valence-corrected chi connectivity index (χ4v) is 4.09. The largest absolute Gasteiger partial charge is 0.494 e. The van der Waals surface area contributed by atoms with Crippen LogP contribution < -0.4 is 4.74 Å². The first kappa shape index (κ1) is 20.2. The van der Waals surface area contributed by atoms with Gasteiger partial charge in [-0.05, 0) is 41.1 Å². The second-order valence-corrected chi connectivity index (χ2v) is 7.52. The van der Waals surface area contributed by atoms with Gasteiger partial charge in [-0.25, -0.2) is 0 Å². The zero-order valence-electron chi connectivity index (χ0n) is 14.3. The second-order valence-electron chi connectivity index (χ2n) is 5.71. The van der Waals surface area contributed by atoms with Gasteiger partial charge < -0.3 is 4.74 Å². The lowest BCUT2D eigenvalue weighted by atomic mass is 10.1. The number of rotatable bonds is 5. The quantitative estimate of drug-likeness (QED) is 0.364. The number of non-ortho nitro benzene ring substituents is 1.